The van der Waals surface area contributed by atoms with Gasteiger partial charge in [0.05, 0.1) is 11.8 Å². The summed E-state index contributed by atoms with van der Waals surface area (Å²) in [4.78, 5) is 38.9. The first-order valence-corrected chi connectivity index (χ1v) is 8.42. The molecule has 1 saturated heterocycles. The lowest BCUT2D eigenvalue weighted by atomic mass is 10.2. The van der Waals surface area contributed by atoms with Gasteiger partial charge in [-0.25, -0.2) is 0 Å². The summed E-state index contributed by atoms with van der Waals surface area (Å²) in [5.41, 5.74) is 1.62. The van der Waals surface area contributed by atoms with Crippen molar-refractivity contribution in [2.75, 3.05) is 31.5 Å². The van der Waals surface area contributed by atoms with Gasteiger partial charge in [0, 0.05) is 36.9 Å². The van der Waals surface area contributed by atoms with Crippen molar-refractivity contribution < 1.29 is 14.4 Å². The zero-order valence-electron chi connectivity index (χ0n) is 13.5. The summed E-state index contributed by atoms with van der Waals surface area (Å²) in [6, 6.07) is 5.33. The number of amides is 3. The largest absolute Gasteiger partial charge is 0.342 e. The molecule has 128 valence electrons. The van der Waals surface area contributed by atoms with Crippen molar-refractivity contribution in [2.45, 2.75) is 13.3 Å². The van der Waals surface area contributed by atoms with E-state index in [1.54, 1.807) is 21.9 Å². The molecular formula is C17H20ClN3O3. The maximum absolute atomic E-state index is 12.5. The summed E-state index contributed by atoms with van der Waals surface area (Å²) in [6.45, 7) is 4.08. The second-order valence-corrected chi connectivity index (χ2v) is 6.80. The van der Waals surface area contributed by atoms with E-state index in [9.17, 15) is 14.4 Å². The molecule has 1 heterocycles. The number of hydrogen-bond donors (Lipinski definition) is 1. The van der Waals surface area contributed by atoms with Crippen molar-refractivity contribution in [2.24, 2.45) is 11.8 Å². The molecule has 1 saturated carbocycles. The minimum atomic E-state index is -0.278. The van der Waals surface area contributed by atoms with E-state index in [1.807, 2.05) is 13.0 Å². The van der Waals surface area contributed by atoms with E-state index in [0.29, 0.717) is 43.3 Å². The quantitative estimate of drug-likeness (QED) is 0.838. The van der Waals surface area contributed by atoms with Gasteiger partial charge < -0.3 is 15.1 Å². The van der Waals surface area contributed by atoms with E-state index in [0.717, 1.165) is 12.0 Å². The van der Waals surface area contributed by atoms with Crippen molar-refractivity contribution in [1.82, 2.24) is 9.80 Å². The standard InChI is InChI=1S/C17H20ClN3O3/c1-11-2-3-12(18)8-15(11)19-16(23)13-9-14(13)17(24)21-6-4-20(10-22)5-7-21/h2-3,8,10,13-14H,4-7,9H2,1H3,(H,19,23). The van der Waals surface area contributed by atoms with Crippen LogP contribution in [0.5, 0.6) is 0 Å². The zero-order valence-corrected chi connectivity index (χ0v) is 14.3. The highest BCUT2D eigenvalue weighted by atomic mass is 35.5. The number of aryl methyl sites for hydroxylation is 1. The van der Waals surface area contributed by atoms with Crippen LogP contribution in [0.1, 0.15) is 12.0 Å². The second-order valence-electron chi connectivity index (χ2n) is 6.36. The molecule has 1 aliphatic carbocycles. The zero-order chi connectivity index (χ0) is 17.3. The molecule has 2 atom stereocenters. The van der Waals surface area contributed by atoms with Gasteiger partial charge in [-0.3, -0.25) is 14.4 Å². The normalized spacial score (nSPS) is 22.9. The van der Waals surface area contributed by atoms with Crippen LogP contribution in [0.4, 0.5) is 5.69 Å². The van der Waals surface area contributed by atoms with Gasteiger partial charge in [-0.15, -0.1) is 0 Å². The Bertz CT molecular complexity index is 671. The lowest BCUT2D eigenvalue weighted by Gasteiger charge is -2.32. The predicted molar refractivity (Wildman–Crippen MR) is 90.6 cm³/mol. The minimum Gasteiger partial charge on any atom is -0.342 e. The Morgan fingerprint density at radius 3 is 2.58 bits per heavy atom. The van der Waals surface area contributed by atoms with E-state index in [-0.39, 0.29) is 23.7 Å². The van der Waals surface area contributed by atoms with Crippen molar-refractivity contribution in [3.05, 3.63) is 28.8 Å². The van der Waals surface area contributed by atoms with Crippen LogP contribution >= 0.6 is 11.6 Å². The van der Waals surface area contributed by atoms with Crippen molar-refractivity contribution in [1.29, 1.82) is 0 Å². The van der Waals surface area contributed by atoms with Crippen LogP contribution in [0.25, 0.3) is 0 Å². The Kier molecular flexibility index (Phi) is 4.76. The molecule has 0 bridgehead atoms. The lowest BCUT2D eigenvalue weighted by Crippen LogP contribution is -2.48. The maximum Gasteiger partial charge on any atom is 0.228 e. The van der Waals surface area contributed by atoms with Gasteiger partial charge in [-0.05, 0) is 31.0 Å². The smallest absolute Gasteiger partial charge is 0.228 e. The van der Waals surface area contributed by atoms with E-state index in [4.69, 9.17) is 11.6 Å². The number of carbonyl (C=O) groups is 3. The Morgan fingerprint density at radius 2 is 1.92 bits per heavy atom. The van der Waals surface area contributed by atoms with Gasteiger partial charge in [-0.1, -0.05) is 17.7 Å². The number of rotatable bonds is 4. The first-order valence-electron chi connectivity index (χ1n) is 8.04. The van der Waals surface area contributed by atoms with Crippen LogP contribution < -0.4 is 5.32 Å². The highest BCUT2D eigenvalue weighted by molar-refractivity contribution is 6.31. The maximum atomic E-state index is 12.5. The molecule has 1 aliphatic heterocycles. The number of hydrogen-bond acceptors (Lipinski definition) is 3. The molecule has 0 spiro atoms. The molecule has 0 radical (unpaired) electrons. The number of halogens is 1. The van der Waals surface area contributed by atoms with Gasteiger partial charge in [-0.2, -0.15) is 0 Å². The number of piperazine rings is 1. The Balaban J connectivity index is 1.55. The Labute approximate surface area is 145 Å². The summed E-state index contributed by atoms with van der Waals surface area (Å²) >= 11 is 5.96. The van der Waals surface area contributed by atoms with E-state index >= 15 is 0 Å². The fraction of sp³-hybridized carbons (Fsp3) is 0.471. The van der Waals surface area contributed by atoms with Gasteiger partial charge >= 0.3 is 0 Å². The fourth-order valence-electron chi connectivity index (χ4n) is 2.99. The summed E-state index contributed by atoms with van der Waals surface area (Å²) < 4.78 is 0. The minimum absolute atomic E-state index is 0.0171. The molecule has 2 aliphatic rings. The molecule has 1 aromatic rings. The van der Waals surface area contributed by atoms with Gasteiger partial charge in [0.2, 0.25) is 18.2 Å². The van der Waals surface area contributed by atoms with Crippen molar-refractivity contribution in [3.8, 4) is 0 Å². The third-order valence-electron chi connectivity index (χ3n) is 4.68. The SMILES string of the molecule is Cc1ccc(Cl)cc1NC(=O)C1CC1C(=O)N1CCN(C=O)CC1. The van der Waals surface area contributed by atoms with Crippen molar-refractivity contribution in [3.63, 3.8) is 0 Å². The van der Waals surface area contributed by atoms with Crippen LogP contribution in [0, 0.1) is 18.8 Å². The molecule has 7 heteroatoms. The van der Waals surface area contributed by atoms with E-state index in [1.165, 1.54) is 0 Å². The van der Waals surface area contributed by atoms with Gasteiger partial charge in [0.15, 0.2) is 0 Å². The van der Waals surface area contributed by atoms with Crippen LogP contribution in [0.15, 0.2) is 18.2 Å². The molecule has 6 nitrogen and oxygen atoms in total. The molecule has 0 aromatic heterocycles. The van der Waals surface area contributed by atoms with Crippen LogP contribution in [-0.2, 0) is 14.4 Å². The molecule has 2 unspecified atom stereocenters. The molecule has 3 amide bonds. The first kappa shape index (κ1) is 16.8. The molecular weight excluding hydrogens is 330 g/mol. The number of carbonyl (C=O) groups excluding carboxylic acids is 3. The molecule has 1 N–H and O–H groups in total. The molecule has 2 fully saturated rings. The third-order valence-corrected chi connectivity index (χ3v) is 4.91. The fourth-order valence-corrected chi connectivity index (χ4v) is 3.17. The second kappa shape index (κ2) is 6.81. The average Bonchev–Trinajstić information content (AvgIpc) is 3.38. The number of nitrogens with zero attached hydrogens (tertiary/aromatic N) is 2. The lowest BCUT2D eigenvalue weighted by molar-refractivity contribution is -0.137. The summed E-state index contributed by atoms with van der Waals surface area (Å²) in [5.74, 6) is -0.638. The Hall–Kier alpha value is -2.08. The highest BCUT2D eigenvalue weighted by Gasteiger charge is 2.49. The van der Waals surface area contributed by atoms with Gasteiger partial charge in [0.25, 0.3) is 0 Å². The van der Waals surface area contributed by atoms with Crippen LogP contribution in [-0.4, -0.2) is 54.2 Å². The monoisotopic (exact) mass is 349 g/mol. The average molecular weight is 350 g/mol. The number of nitrogens with one attached hydrogen (secondary N) is 1. The van der Waals surface area contributed by atoms with E-state index < -0.39 is 0 Å². The summed E-state index contributed by atoms with van der Waals surface area (Å²) in [5, 5.41) is 3.43. The highest BCUT2D eigenvalue weighted by Crippen LogP contribution is 2.41. The summed E-state index contributed by atoms with van der Waals surface area (Å²) in [7, 11) is 0. The Morgan fingerprint density at radius 1 is 1.21 bits per heavy atom. The molecule has 1 aromatic carbocycles. The third kappa shape index (κ3) is 3.53. The predicted octanol–water partition coefficient (Wildman–Crippen LogP) is 1.52. The number of anilines is 1. The molecule has 3 rings (SSSR count). The number of benzene rings is 1. The summed E-state index contributed by atoms with van der Waals surface area (Å²) in [6.07, 6.45) is 1.39. The molecule has 24 heavy (non-hydrogen) atoms. The van der Waals surface area contributed by atoms with Crippen LogP contribution in [0.2, 0.25) is 5.02 Å². The topological polar surface area (TPSA) is 69.7 Å². The van der Waals surface area contributed by atoms with Crippen molar-refractivity contribution >= 4 is 35.5 Å². The first-order chi connectivity index (χ1) is 11.5. The van der Waals surface area contributed by atoms with Crippen LogP contribution in [0.3, 0.4) is 0 Å². The van der Waals surface area contributed by atoms with Gasteiger partial charge in [0.1, 0.15) is 0 Å². The van der Waals surface area contributed by atoms with E-state index in [2.05, 4.69) is 5.32 Å².